The van der Waals surface area contributed by atoms with Gasteiger partial charge in [0.25, 0.3) is 0 Å². The van der Waals surface area contributed by atoms with Crippen molar-refractivity contribution in [3.63, 3.8) is 0 Å². The van der Waals surface area contributed by atoms with E-state index in [1.165, 1.54) is 12.8 Å². The Labute approximate surface area is 86.4 Å². The number of rotatable bonds is 5. The average Bonchev–Trinajstić information content (AvgIpc) is 2.76. The SMILES string of the molecule is C[C@H](CCO)NCC1CC2C=CC1C2. The Balaban J connectivity index is 1.69. The first-order valence-corrected chi connectivity index (χ1v) is 5.82. The van der Waals surface area contributed by atoms with Gasteiger partial charge in [-0.25, -0.2) is 0 Å². The maximum Gasteiger partial charge on any atom is 0.0445 e. The van der Waals surface area contributed by atoms with Crippen LogP contribution >= 0.6 is 0 Å². The zero-order chi connectivity index (χ0) is 9.97. The number of allylic oxidation sites excluding steroid dienone is 2. The second-order valence-corrected chi connectivity index (χ2v) is 4.86. The van der Waals surface area contributed by atoms with Crippen LogP contribution in [0.4, 0.5) is 0 Å². The largest absolute Gasteiger partial charge is 0.396 e. The fourth-order valence-corrected chi connectivity index (χ4v) is 2.78. The van der Waals surface area contributed by atoms with E-state index in [-0.39, 0.29) is 0 Å². The number of hydrogen-bond acceptors (Lipinski definition) is 2. The maximum absolute atomic E-state index is 8.78. The van der Waals surface area contributed by atoms with E-state index in [9.17, 15) is 0 Å². The highest BCUT2D eigenvalue weighted by atomic mass is 16.3. The summed E-state index contributed by atoms with van der Waals surface area (Å²) in [5.41, 5.74) is 0. The first-order valence-electron chi connectivity index (χ1n) is 5.82. The molecular weight excluding hydrogens is 174 g/mol. The fourth-order valence-electron chi connectivity index (χ4n) is 2.78. The molecule has 2 aliphatic rings. The molecule has 0 amide bonds. The lowest BCUT2D eigenvalue weighted by molar-refractivity contribution is 0.263. The van der Waals surface area contributed by atoms with Crippen LogP contribution in [0.25, 0.3) is 0 Å². The molecule has 0 spiro atoms. The molecule has 0 heterocycles. The molecule has 3 unspecified atom stereocenters. The van der Waals surface area contributed by atoms with Gasteiger partial charge in [-0.05, 0) is 50.5 Å². The van der Waals surface area contributed by atoms with Gasteiger partial charge in [-0.2, -0.15) is 0 Å². The minimum absolute atomic E-state index is 0.296. The normalized spacial score (nSPS) is 36.6. The van der Waals surface area contributed by atoms with Gasteiger partial charge >= 0.3 is 0 Å². The molecule has 0 aliphatic heterocycles. The summed E-state index contributed by atoms with van der Waals surface area (Å²) in [5, 5.41) is 12.3. The molecular formula is C12H21NO. The van der Waals surface area contributed by atoms with Crippen molar-refractivity contribution >= 4 is 0 Å². The van der Waals surface area contributed by atoms with Gasteiger partial charge in [0.15, 0.2) is 0 Å². The first kappa shape index (κ1) is 10.2. The molecule has 2 aliphatic carbocycles. The number of hydrogen-bond donors (Lipinski definition) is 2. The van der Waals surface area contributed by atoms with Gasteiger partial charge in [0, 0.05) is 12.6 Å². The van der Waals surface area contributed by atoms with Gasteiger partial charge < -0.3 is 10.4 Å². The maximum atomic E-state index is 8.78. The Hall–Kier alpha value is -0.340. The topological polar surface area (TPSA) is 32.3 Å². The molecule has 0 radical (unpaired) electrons. The minimum atomic E-state index is 0.296. The molecule has 2 bridgehead atoms. The van der Waals surface area contributed by atoms with Crippen molar-refractivity contribution in [1.29, 1.82) is 0 Å². The molecule has 14 heavy (non-hydrogen) atoms. The van der Waals surface area contributed by atoms with Gasteiger partial charge in [-0.3, -0.25) is 0 Å². The summed E-state index contributed by atoms with van der Waals surface area (Å²) < 4.78 is 0. The molecule has 1 fully saturated rings. The summed E-state index contributed by atoms with van der Waals surface area (Å²) >= 11 is 0. The van der Waals surface area contributed by atoms with Crippen LogP contribution in [-0.4, -0.2) is 24.3 Å². The minimum Gasteiger partial charge on any atom is -0.396 e. The predicted octanol–water partition coefficient (Wildman–Crippen LogP) is 1.56. The van der Waals surface area contributed by atoms with E-state index in [0.717, 1.165) is 30.7 Å². The van der Waals surface area contributed by atoms with Crippen LogP contribution in [0, 0.1) is 17.8 Å². The van der Waals surface area contributed by atoms with Crippen LogP contribution in [0.15, 0.2) is 12.2 Å². The molecule has 1 saturated carbocycles. The molecule has 2 heteroatoms. The highest BCUT2D eigenvalue weighted by Gasteiger charge is 2.35. The lowest BCUT2D eigenvalue weighted by Crippen LogP contribution is -2.33. The molecule has 2 N–H and O–H groups in total. The van der Waals surface area contributed by atoms with Crippen LogP contribution in [0.2, 0.25) is 0 Å². The van der Waals surface area contributed by atoms with Gasteiger partial charge in [0.1, 0.15) is 0 Å². The van der Waals surface area contributed by atoms with Gasteiger partial charge in [0.05, 0.1) is 0 Å². The number of fused-ring (bicyclic) bond motifs is 2. The predicted molar refractivity (Wildman–Crippen MR) is 58.0 cm³/mol. The zero-order valence-corrected chi connectivity index (χ0v) is 8.95. The summed E-state index contributed by atoms with van der Waals surface area (Å²) in [5.74, 6) is 2.57. The summed E-state index contributed by atoms with van der Waals surface area (Å²) in [6, 6.07) is 0.461. The molecule has 2 nitrogen and oxygen atoms in total. The highest BCUT2D eigenvalue weighted by molar-refractivity contribution is 5.10. The lowest BCUT2D eigenvalue weighted by Gasteiger charge is -2.21. The molecule has 0 aromatic heterocycles. The third-order valence-corrected chi connectivity index (χ3v) is 3.71. The molecule has 2 rings (SSSR count). The Kier molecular flexibility index (Phi) is 3.24. The van der Waals surface area contributed by atoms with E-state index in [0.29, 0.717) is 12.6 Å². The highest BCUT2D eigenvalue weighted by Crippen LogP contribution is 2.42. The van der Waals surface area contributed by atoms with Crippen LogP contribution in [0.1, 0.15) is 26.2 Å². The van der Waals surface area contributed by atoms with Crippen LogP contribution in [0.3, 0.4) is 0 Å². The molecule has 4 atom stereocenters. The van der Waals surface area contributed by atoms with Crippen molar-refractivity contribution in [2.75, 3.05) is 13.2 Å². The van der Waals surface area contributed by atoms with Crippen LogP contribution < -0.4 is 5.32 Å². The molecule has 0 aromatic rings. The van der Waals surface area contributed by atoms with Gasteiger partial charge in [-0.15, -0.1) is 0 Å². The van der Waals surface area contributed by atoms with Gasteiger partial charge in [0.2, 0.25) is 0 Å². The summed E-state index contributed by atoms with van der Waals surface area (Å²) in [6.45, 7) is 3.58. The third kappa shape index (κ3) is 2.18. The molecule has 0 saturated heterocycles. The Bertz CT molecular complexity index is 214. The number of aliphatic hydroxyl groups excluding tert-OH is 1. The van der Waals surface area contributed by atoms with E-state index >= 15 is 0 Å². The van der Waals surface area contributed by atoms with E-state index in [1.54, 1.807) is 0 Å². The van der Waals surface area contributed by atoms with Crippen molar-refractivity contribution in [2.45, 2.75) is 32.2 Å². The molecule has 0 aromatic carbocycles. The number of aliphatic hydroxyl groups is 1. The summed E-state index contributed by atoms with van der Waals surface area (Å²) in [7, 11) is 0. The van der Waals surface area contributed by atoms with Crippen LogP contribution in [-0.2, 0) is 0 Å². The second-order valence-electron chi connectivity index (χ2n) is 4.86. The zero-order valence-electron chi connectivity index (χ0n) is 8.95. The number of nitrogens with one attached hydrogen (secondary N) is 1. The Morgan fingerprint density at radius 1 is 1.43 bits per heavy atom. The quantitative estimate of drug-likeness (QED) is 0.652. The second kappa shape index (κ2) is 4.45. The standard InChI is InChI=1S/C12H21NO/c1-9(4-5-14)13-8-12-7-10-2-3-11(12)6-10/h2-3,9-14H,4-8H2,1H3/t9-,10?,11?,12?/m1/s1. The van der Waals surface area contributed by atoms with E-state index in [4.69, 9.17) is 5.11 Å². The monoisotopic (exact) mass is 195 g/mol. The van der Waals surface area contributed by atoms with E-state index in [2.05, 4.69) is 24.4 Å². The molecule has 80 valence electrons. The van der Waals surface area contributed by atoms with Gasteiger partial charge in [-0.1, -0.05) is 12.2 Å². The van der Waals surface area contributed by atoms with Crippen molar-refractivity contribution < 1.29 is 5.11 Å². The summed E-state index contributed by atoms with van der Waals surface area (Å²) in [4.78, 5) is 0. The van der Waals surface area contributed by atoms with Crippen LogP contribution in [0.5, 0.6) is 0 Å². The van der Waals surface area contributed by atoms with Crippen molar-refractivity contribution in [3.8, 4) is 0 Å². The van der Waals surface area contributed by atoms with Crippen molar-refractivity contribution in [3.05, 3.63) is 12.2 Å². The third-order valence-electron chi connectivity index (χ3n) is 3.71. The smallest absolute Gasteiger partial charge is 0.0445 e. The Morgan fingerprint density at radius 3 is 2.86 bits per heavy atom. The summed E-state index contributed by atoms with van der Waals surface area (Å²) in [6.07, 6.45) is 8.42. The lowest BCUT2D eigenvalue weighted by atomic mass is 9.93. The van der Waals surface area contributed by atoms with Crippen molar-refractivity contribution in [1.82, 2.24) is 5.32 Å². The average molecular weight is 195 g/mol. The fraction of sp³-hybridized carbons (Fsp3) is 0.833. The van der Waals surface area contributed by atoms with E-state index < -0.39 is 0 Å². The van der Waals surface area contributed by atoms with E-state index in [1.807, 2.05) is 0 Å². The Morgan fingerprint density at radius 2 is 2.29 bits per heavy atom. The van der Waals surface area contributed by atoms with Crippen molar-refractivity contribution in [2.24, 2.45) is 17.8 Å². The first-order chi connectivity index (χ1) is 6.79.